The van der Waals surface area contributed by atoms with E-state index in [1.54, 1.807) is 24.3 Å². The third-order valence-electron chi connectivity index (χ3n) is 4.44. The third-order valence-corrected chi connectivity index (χ3v) is 6.22. The molecule has 3 aromatic rings. The summed E-state index contributed by atoms with van der Waals surface area (Å²) in [5, 5.41) is 13.5. The third kappa shape index (κ3) is 4.61. The molecule has 0 bridgehead atoms. The number of carbonyl (C=O) groups is 1. The number of nitrogens with zero attached hydrogens (tertiary/aromatic N) is 3. The van der Waals surface area contributed by atoms with Crippen LogP contribution in [0.1, 0.15) is 10.4 Å². The highest BCUT2D eigenvalue weighted by Gasteiger charge is 2.23. The van der Waals surface area contributed by atoms with Crippen LogP contribution in [0.4, 0.5) is 17.1 Å². The first kappa shape index (κ1) is 21.7. The van der Waals surface area contributed by atoms with Crippen molar-refractivity contribution in [3.05, 3.63) is 82.7 Å². The molecule has 0 aliphatic rings. The summed E-state index contributed by atoms with van der Waals surface area (Å²) in [6, 6.07) is 13.1. The Labute approximate surface area is 178 Å². The molecule has 0 saturated heterocycles. The normalized spacial score (nSPS) is 10.9. The van der Waals surface area contributed by atoms with Gasteiger partial charge in [-0.1, -0.05) is 6.07 Å². The molecule has 0 aliphatic heterocycles. The number of aromatic nitrogens is 1. The molecule has 2 aromatic carbocycles. The first-order valence-electron chi connectivity index (χ1n) is 8.87. The zero-order valence-corrected chi connectivity index (χ0v) is 17.4. The van der Waals surface area contributed by atoms with Crippen molar-refractivity contribution in [3.8, 4) is 5.75 Å². The van der Waals surface area contributed by atoms with Gasteiger partial charge in [0, 0.05) is 18.8 Å². The van der Waals surface area contributed by atoms with Gasteiger partial charge < -0.3 is 10.1 Å². The second kappa shape index (κ2) is 8.79. The Kier molecular flexibility index (Phi) is 6.16. The number of carbonyl (C=O) groups excluding carboxylic acids is 1. The van der Waals surface area contributed by atoms with Gasteiger partial charge in [-0.05, 0) is 48.5 Å². The summed E-state index contributed by atoms with van der Waals surface area (Å²) in [7, 11) is -1.07. The van der Waals surface area contributed by atoms with Crippen LogP contribution in [0, 0.1) is 10.1 Å². The Bertz CT molecular complexity index is 1230. The van der Waals surface area contributed by atoms with Crippen molar-refractivity contribution in [2.24, 2.45) is 0 Å². The van der Waals surface area contributed by atoms with E-state index in [2.05, 4.69) is 10.3 Å². The van der Waals surface area contributed by atoms with Gasteiger partial charge >= 0.3 is 5.69 Å². The van der Waals surface area contributed by atoms with Crippen LogP contribution in [0.3, 0.4) is 0 Å². The molecular weight excluding hydrogens is 424 g/mol. The highest BCUT2D eigenvalue weighted by molar-refractivity contribution is 7.92. The highest BCUT2D eigenvalue weighted by atomic mass is 32.2. The maximum atomic E-state index is 13.0. The molecule has 0 spiro atoms. The number of benzene rings is 2. The average Bonchev–Trinajstić information content (AvgIpc) is 2.79. The van der Waals surface area contributed by atoms with E-state index in [-0.39, 0.29) is 21.8 Å². The van der Waals surface area contributed by atoms with Crippen LogP contribution in [0.25, 0.3) is 0 Å². The molecule has 1 heterocycles. The monoisotopic (exact) mass is 442 g/mol. The fraction of sp³-hybridized carbons (Fsp3) is 0.100. The molecule has 160 valence electrons. The molecule has 1 amide bonds. The van der Waals surface area contributed by atoms with Crippen LogP contribution >= 0.6 is 0 Å². The summed E-state index contributed by atoms with van der Waals surface area (Å²) < 4.78 is 32.2. The molecule has 11 heteroatoms. The molecule has 0 radical (unpaired) electrons. The molecule has 0 aliphatic carbocycles. The minimum Gasteiger partial charge on any atom is -0.497 e. The number of methoxy groups -OCH3 is 1. The number of hydrogen-bond donors (Lipinski definition) is 1. The fourth-order valence-electron chi connectivity index (χ4n) is 2.72. The first-order valence-corrected chi connectivity index (χ1v) is 10.3. The minimum atomic E-state index is -3.97. The number of nitro groups is 1. The largest absolute Gasteiger partial charge is 0.497 e. The zero-order valence-electron chi connectivity index (χ0n) is 16.6. The second-order valence-corrected chi connectivity index (χ2v) is 8.27. The minimum absolute atomic E-state index is 0.0234. The van der Waals surface area contributed by atoms with Crippen LogP contribution < -0.4 is 14.4 Å². The summed E-state index contributed by atoms with van der Waals surface area (Å²) >= 11 is 0. The first-order chi connectivity index (χ1) is 14.7. The molecule has 0 fully saturated rings. The number of hydrogen-bond acceptors (Lipinski definition) is 7. The number of ether oxygens (including phenoxy) is 1. The lowest BCUT2D eigenvalue weighted by Gasteiger charge is -2.20. The van der Waals surface area contributed by atoms with Gasteiger partial charge in [0.15, 0.2) is 0 Å². The summed E-state index contributed by atoms with van der Waals surface area (Å²) in [6.07, 6.45) is 2.31. The van der Waals surface area contributed by atoms with Crippen molar-refractivity contribution in [2.75, 3.05) is 23.8 Å². The highest BCUT2D eigenvalue weighted by Crippen LogP contribution is 2.26. The number of sulfonamides is 1. The quantitative estimate of drug-likeness (QED) is 0.439. The Morgan fingerprint density at radius 3 is 2.52 bits per heavy atom. The number of nitrogens with one attached hydrogen (secondary N) is 1. The van der Waals surface area contributed by atoms with E-state index in [0.717, 1.165) is 10.5 Å². The van der Waals surface area contributed by atoms with Gasteiger partial charge in [-0.3, -0.25) is 24.2 Å². The van der Waals surface area contributed by atoms with Crippen molar-refractivity contribution in [1.82, 2.24) is 4.98 Å². The average molecular weight is 442 g/mol. The molecule has 0 atom stereocenters. The lowest BCUT2D eigenvalue weighted by atomic mass is 10.2. The molecular formula is C20H18N4O6S. The molecule has 31 heavy (non-hydrogen) atoms. The van der Waals surface area contributed by atoms with E-state index in [4.69, 9.17) is 4.74 Å². The molecule has 0 saturated carbocycles. The lowest BCUT2D eigenvalue weighted by Crippen LogP contribution is -2.26. The van der Waals surface area contributed by atoms with Gasteiger partial charge in [0.2, 0.25) is 0 Å². The van der Waals surface area contributed by atoms with Crippen LogP contribution in [-0.2, 0) is 10.0 Å². The van der Waals surface area contributed by atoms with Gasteiger partial charge in [-0.25, -0.2) is 8.42 Å². The summed E-state index contributed by atoms with van der Waals surface area (Å²) in [5.41, 5.74) is 0.00542. The molecule has 0 unspecified atom stereocenters. The van der Waals surface area contributed by atoms with Crippen LogP contribution in [0.2, 0.25) is 0 Å². The van der Waals surface area contributed by atoms with Crippen molar-refractivity contribution in [3.63, 3.8) is 0 Å². The topological polar surface area (TPSA) is 132 Å². The van der Waals surface area contributed by atoms with Gasteiger partial charge in [-0.15, -0.1) is 0 Å². The Morgan fingerprint density at radius 1 is 1.16 bits per heavy atom. The van der Waals surface area contributed by atoms with Gasteiger partial charge in [0.25, 0.3) is 15.9 Å². The Hall–Kier alpha value is -3.99. The van der Waals surface area contributed by atoms with Crippen molar-refractivity contribution in [1.29, 1.82) is 0 Å². The molecule has 10 nitrogen and oxygen atoms in total. The van der Waals surface area contributed by atoms with Crippen molar-refractivity contribution >= 4 is 33.0 Å². The lowest BCUT2D eigenvalue weighted by molar-refractivity contribution is -0.384. The molecule has 3 rings (SSSR count). The maximum absolute atomic E-state index is 13.0. The predicted octanol–water partition coefficient (Wildman–Crippen LogP) is 3.08. The number of rotatable bonds is 7. The summed E-state index contributed by atoms with van der Waals surface area (Å²) in [6.45, 7) is 0. The second-order valence-electron chi connectivity index (χ2n) is 6.30. The number of pyridine rings is 1. The predicted molar refractivity (Wildman–Crippen MR) is 114 cm³/mol. The van der Waals surface area contributed by atoms with E-state index >= 15 is 0 Å². The Balaban J connectivity index is 1.88. The van der Waals surface area contributed by atoms with E-state index in [1.165, 1.54) is 50.7 Å². The van der Waals surface area contributed by atoms with E-state index < -0.39 is 20.9 Å². The van der Waals surface area contributed by atoms with Gasteiger partial charge in [-0.2, -0.15) is 0 Å². The van der Waals surface area contributed by atoms with E-state index in [1.807, 2.05) is 0 Å². The van der Waals surface area contributed by atoms with Crippen LogP contribution in [-0.4, -0.2) is 38.4 Å². The summed E-state index contributed by atoms with van der Waals surface area (Å²) in [5.74, 6) is -0.114. The Morgan fingerprint density at radius 2 is 1.87 bits per heavy atom. The SMILES string of the molecule is COc1ccc(N(C)S(=O)(=O)c2cccc(C(=O)Nc3ccncc3[N+](=O)[O-])c2)cc1. The van der Waals surface area contributed by atoms with Gasteiger partial charge in [0.1, 0.15) is 17.6 Å². The summed E-state index contributed by atoms with van der Waals surface area (Å²) in [4.78, 5) is 26.6. The standard InChI is InChI=1S/C20H18N4O6S/c1-23(15-6-8-16(30-2)9-7-15)31(28,29)17-5-3-4-14(12-17)20(25)22-18-10-11-21-13-19(18)24(26)27/h3-13H,1-2H3,(H,21,22,25). The van der Waals surface area contributed by atoms with E-state index in [0.29, 0.717) is 11.4 Å². The smallest absolute Gasteiger partial charge is 0.310 e. The number of amides is 1. The van der Waals surface area contributed by atoms with Crippen LogP contribution in [0.5, 0.6) is 5.75 Å². The van der Waals surface area contributed by atoms with Crippen molar-refractivity contribution < 1.29 is 22.9 Å². The maximum Gasteiger partial charge on any atom is 0.310 e. The van der Waals surface area contributed by atoms with E-state index in [9.17, 15) is 23.3 Å². The fourth-order valence-corrected chi connectivity index (χ4v) is 3.96. The number of anilines is 2. The van der Waals surface area contributed by atoms with Crippen molar-refractivity contribution in [2.45, 2.75) is 4.90 Å². The zero-order chi connectivity index (χ0) is 22.6. The molecule has 1 aromatic heterocycles. The van der Waals surface area contributed by atoms with Gasteiger partial charge in [0.05, 0.1) is 22.6 Å². The van der Waals surface area contributed by atoms with Crippen LogP contribution in [0.15, 0.2) is 71.9 Å². The molecule has 1 N–H and O–H groups in total.